The second-order valence-electron chi connectivity index (χ2n) is 6.35. The lowest BCUT2D eigenvalue weighted by Gasteiger charge is -2.12. The van der Waals surface area contributed by atoms with Crippen molar-refractivity contribution in [1.82, 2.24) is 5.43 Å². The zero-order valence-electron chi connectivity index (χ0n) is 15.9. The van der Waals surface area contributed by atoms with Crippen molar-refractivity contribution in [1.29, 1.82) is 0 Å². The molecule has 1 aromatic heterocycles. The average molecular weight is 415 g/mol. The first kappa shape index (κ1) is 20.5. The Morgan fingerprint density at radius 2 is 1.97 bits per heavy atom. The van der Waals surface area contributed by atoms with Gasteiger partial charge in [-0.25, -0.2) is 10.2 Å². The van der Waals surface area contributed by atoms with Gasteiger partial charge in [-0.1, -0.05) is 12.1 Å². The van der Waals surface area contributed by atoms with E-state index in [0.29, 0.717) is 16.1 Å². The molecule has 2 amide bonds. The molecule has 0 unspecified atom stereocenters. The maximum absolute atomic E-state index is 12.4. The Balaban J connectivity index is 1.71. The molecule has 0 saturated carbocycles. The van der Waals surface area contributed by atoms with Gasteiger partial charge in [0.15, 0.2) is 0 Å². The number of hydrogen-bond acceptors (Lipinski definition) is 7. The molecule has 152 valence electrons. The minimum absolute atomic E-state index is 0.00167. The van der Waals surface area contributed by atoms with Gasteiger partial charge in [0.1, 0.15) is 10.8 Å². The van der Waals surface area contributed by atoms with Gasteiger partial charge in [-0.2, -0.15) is 5.10 Å². The fraction of sp³-hybridized carbons (Fsp3) is 0.300. The molecule has 0 bridgehead atoms. The van der Waals surface area contributed by atoms with E-state index >= 15 is 0 Å². The molecule has 0 aliphatic heterocycles. The van der Waals surface area contributed by atoms with Gasteiger partial charge in [0.05, 0.1) is 18.4 Å². The molecule has 1 aliphatic rings. The van der Waals surface area contributed by atoms with Crippen molar-refractivity contribution in [2.75, 3.05) is 11.9 Å². The summed E-state index contributed by atoms with van der Waals surface area (Å²) < 4.78 is 5.13. The van der Waals surface area contributed by atoms with Crippen LogP contribution >= 0.6 is 11.3 Å². The van der Waals surface area contributed by atoms with E-state index in [2.05, 4.69) is 15.8 Å². The van der Waals surface area contributed by atoms with E-state index in [4.69, 9.17) is 4.74 Å². The number of anilines is 1. The Kier molecular flexibility index (Phi) is 6.61. The zero-order valence-corrected chi connectivity index (χ0v) is 16.7. The number of nitrogens with one attached hydrogen (secondary N) is 2. The smallest absolute Gasteiger partial charge is 0.341 e. The molecule has 0 spiro atoms. The molecule has 29 heavy (non-hydrogen) atoms. The fourth-order valence-corrected chi connectivity index (χ4v) is 4.31. The van der Waals surface area contributed by atoms with Crippen LogP contribution in [-0.2, 0) is 27.2 Å². The van der Waals surface area contributed by atoms with E-state index in [1.165, 1.54) is 23.6 Å². The highest BCUT2D eigenvalue weighted by Gasteiger charge is 2.28. The SMILES string of the molecule is CCOC(=O)c1c(NC(=O)C(=O)N/N=C/c2ccccc2O)sc2c1CCCC2. The van der Waals surface area contributed by atoms with Crippen LogP contribution in [0.15, 0.2) is 29.4 Å². The molecule has 3 rings (SSSR count). The molecule has 0 fully saturated rings. The number of thiophene rings is 1. The second-order valence-corrected chi connectivity index (χ2v) is 7.45. The number of carbonyl (C=O) groups excluding carboxylic acids is 3. The number of nitrogens with zero attached hydrogens (tertiary/aromatic N) is 1. The Bertz CT molecular complexity index is 967. The lowest BCUT2D eigenvalue weighted by atomic mass is 9.95. The number of amides is 2. The zero-order chi connectivity index (χ0) is 20.8. The van der Waals surface area contributed by atoms with Crippen LogP contribution in [0, 0.1) is 0 Å². The van der Waals surface area contributed by atoms with Gasteiger partial charge in [0.25, 0.3) is 0 Å². The summed E-state index contributed by atoms with van der Waals surface area (Å²) in [6.07, 6.45) is 4.79. The number of fused-ring (bicyclic) bond motifs is 1. The number of hydrazone groups is 1. The molecule has 0 atom stereocenters. The van der Waals surface area contributed by atoms with Crippen LogP contribution in [0.25, 0.3) is 0 Å². The summed E-state index contributed by atoms with van der Waals surface area (Å²) in [5.74, 6) is -2.43. The van der Waals surface area contributed by atoms with E-state index in [9.17, 15) is 19.5 Å². The Hall–Kier alpha value is -3.20. The van der Waals surface area contributed by atoms with Crippen molar-refractivity contribution in [3.05, 3.63) is 45.8 Å². The lowest BCUT2D eigenvalue weighted by Crippen LogP contribution is -2.32. The van der Waals surface area contributed by atoms with Gasteiger partial charge in [0.2, 0.25) is 0 Å². The summed E-state index contributed by atoms with van der Waals surface area (Å²) in [5.41, 5.74) is 3.74. The molecular weight excluding hydrogens is 394 g/mol. The number of carbonyl (C=O) groups is 3. The number of phenols is 1. The summed E-state index contributed by atoms with van der Waals surface area (Å²) in [5, 5.41) is 16.2. The lowest BCUT2D eigenvalue weighted by molar-refractivity contribution is -0.136. The number of para-hydroxylation sites is 1. The number of aromatic hydroxyl groups is 1. The summed E-state index contributed by atoms with van der Waals surface area (Å²) in [6.45, 7) is 1.93. The molecule has 2 aromatic rings. The average Bonchev–Trinajstić information content (AvgIpc) is 3.07. The third kappa shape index (κ3) is 4.80. The van der Waals surface area contributed by atoms with Gasteiger partial charge in [-0.05, 0) is 50.3 Å². The number of aryl methyl sites for hydroxylation is 1. The highest BCUT2D eigenvalue weighted by Crippen LogP contribution is 2.38. The van der Waals surface area contributed by atoms with Crippen molar-refractivity contribution in [3.63, 3.8) is 0 Å². The van der Waals surface area contributed by atoms with Gasteiger partial charge in [-0.15, -0.1) is 11.3 Å². The van der Waals surface area contributed by atoms with Crippen LogP contribution in [0.5, 0.6) is 5.75 Å². The van der Waals surface area contributed by atoms with Crippen LogP contribution in [0.3, 0.4) is 0 Å². The molecule has 1 heterocycles. The van der Waals surface area contributed by atoms with Gasteiger partial charge < -0.3 is 15.2 Å². The Labute approximate surface area is 171 Å². The standard InChI is InChI=1S/C20H21N3O5S/c1-2-28-20(27)16-13-8-4-6-10-15(13)29-19(16)22-17(25)18(26)23-21-11-12-7-3-5-9-14(12)24/h3,5,7,9,11,24H,2,4,6,8,10H2,1H3,(H,22,25)(H,23,26)/b21-11+. The summed E-state index contributed by atoms with van der Waals surface area (Å²) >= 11 is 1.30. The topological polar surface area (TPSA) is 117 Å². The van der Waals surface area contributed by atoms with E-state index in [1.807, 2.05) is 0 Å². The summed E-state index contributed by atoms with van der Waals surface area (Å²) in [7, 11) is 0. The van der Waals surface area contributed by atoms with Crippen LogP contribution in [0.1, 0.15) is 46.1 Å². The third-order valence-electron chi connectivity index (χ3n) is 4.39. The maximum Gasteiger partial charge on any atom is 0.341 e. The number of benzene rings is 1. The fourth-order valence-electron chi connectivity index (χ4n) is 3.04. The van der Waals surface area contributed by atoms with E-state index in [0.717, 1.165) is 36.1 Å². The minimum Gasteiger partial charge on any atom is -0.507 e. The predicted octanol–water partition coefficient (Wildman–Crippen LogP) is 2.60. The van der Waals surface area contributed by atoms with E-state index < -0.39 is 17.8 Å². The van der Waals surface area contributed by atoms with Crippen LogP contribution < -0.4 is 10.7 Å². The van der Waals surface area contributed by atoms with E-state index in [1.54, 1.807) is 25.1 Å². The third-order valence-corrected chi connectivity index (χ3v) is 5.60. The maximum atomic E-state index is 12.4. The molecule has 1 aromatic carbocycles. The highest BCUT2D eigenvalue weighted by molar-refractivity contribution is 7.17. The number of esters is 1. The van der Waals surface area contributed by atoms with Gasteiger partial charge in [-0.3, -0.25) is 9.59 Å². The molecule has 1 aliphatic carbocycles. The molecule has 9 heteroatoms. The summed E-state index contributed by atoms with van der Waals surface area (Å²) in [6, 6.07) is 6.43. The number of phenolic OH excluding ortho intramolecular Hbond substituents is 1. The summed E-state index contributed by atoms with van der Waals surface area (Å²) in [4.78, 5) is 37.8. The predicted molar refractivity (Wildman–Crippen MR) is 109 cm³/mol. The number of ether oxygens (including phenoxy) is 1. The normalized spacial score (nSPS) is 13.0. The first-order valence-electron chi connectivity index (χ1n) is 9.25. The quantitative estimate of drug-likeness (QED) is 0.300. The Morgan fingerprint density at radius 1 is 1.21 bits per heavy atom. The Morgan fingerprint density at radius 3 is 2.72 bits per heavy atom. The molecular formula is C20H21N3O5S. The first-order chi connectivity index (χ1) is 14.0. The molecule has 8 nitrogen and oxygen atoms in total. The highest BCUT2D eigenvalue weighted by atomic mass is 32.1. The second kappa shape index (κ2) is 9.33. The van der Waals surface area contributed by atoms with Crippen molar-refractivity contribution >= 4 is 40.3 Å². The van der Waals surface area contributed by atoms with Crippen LogP contribution in [0.4, 0.5) is 5.00 Å². The van der Waals surface area contributed by atoms with Crippen molar-refractivity contribution < 1.29 is 24.2 Å². The first-order valence-corrected chi connectivity index (χ1v) is 10.1. The van der Waals surface area contributed by atoms with E-state index in [-0.39, 0.29) is 12.4 Å². The van der Waals surface area contributed by atoms with Gasteiger partial charge in [0, 0.05) is 10.4 Å². The number of hydrogen-bond donors (Lipinski definition) is 3. The molecule has 3 N–H and O–H groups in total. The number of rotatable bonds is 5. The minimum atomic E-state index is -0.988. The van der Waals surface area contributed by atoms with Crippen LogP contribution in [0.2, 0.25) is 0 Å². The molecule has 0 radical (unpaired) electrons. The van der Waals surface area contributed by atoms with Crippen molar-refractivity contribution in [2.24, 2.45) is 5.10 Å². The largest absolute Gasteiger partial charge is 0.507 e. The van der Waals surface area contributed by atoms with Gasteiger partial charge >= 0.3 is 17.8 Å². The van der Waals surface area contributed by atoms with Crippen molar-refractivity contribution in [3.8, 4) is 5.75 Å². The molecule has 0 saturated heterocycles. The van der Waals surface area contributed by atoms with Crippen molar-refractivity contribution in [2.45, 2.75) is 32.6 Å². The van der Waals surface area contributed by atoms with Crippen LogP contribution in [-0.4, -0.2) is 35.7 Å². The monoisotopic (exact) mass is 415 g/mol.